The van der Waals surface area contributed by atoms with Gasteiger partial charge in [-0.15, -0.1) is 0 Å². The molecule has 1 spiro atoms. The zero-order chi connectivity index (χ0) is 23.3. The van der Waals surface area contributed by atoms with E-state index in [1.165, 1.54) is 26.2 Å². The van der Waals surface area contributed by atoms with Crippen LogP contribution in [0, 0.1) is 11.3 Å². The molecule has 0 unspecified atom stereocenters. The Balaban J connectivity index is 1.78. The number of carbonyl (C=O) groups is 4. The number of benzene rings is 1. The van der Waals surface area contributed by atoms with Gasteiger partial charge in [-0.1, -0.05) is 12.1 Å². The van der Waals surface area contributed by atoms with E-state index in [2.05, 4.69) is 0 Å². The molecule has 4 bridgehead atoms. The molecule has 2 amide bonds. The van der Waals surface area contributed by atoms with E-state index in [1.54, 1.807) is 6.07 Å². The second-order valence-corrected chi connectivity index (χ2v) is 9.89. The maximum absolute atomic E-state index is 13.9. The molecule has 174 valence electrons. The first-order chi connectivity index (χ1) is 15.8. The van der Waals surface area contributed by atoms with Crippen LogP contribution in [0.25, 0.3) is 0 Å². The molecule has 6 rings (SSSR count). The largest absolute Gasteiger partial charge is 0.495 e. The number of esters is 1. The van der Waals surface area contributed by atoms with Gasteiger partial charge in [-0.3, -0.25) is 14.5 Å². The molecule has 0 N–H and O–H groups in total. The molecule has 2 saturated carbocycles. The number of nitrogens with zero attached hydrogens (tertiary/aromatic N) is 2. The Morgan fingerprint density at radius 3 is 2.55 bits per heavy atom. The van der Waals surface area contributed by atoms with E-state index < -0.39 is 34.3 Å². The fourth-order valence-corrected chi connectivity index (χ4v) is 8.26. The summed E-state index contributed by atoms with van der Waals surface area (Å²) in [6.45, 7) is 0.245. The number of fused-ring (bicyclic) bond motifs is 1. The summed E-state index contributed by atoms with van der Waals surface area (Å²) in [6.07, 6.45) is 1.51. The quantitative estimate of drug-likeness (QED) is 0.628. The average Bonchev–Trinajstić information content (AvgIpc) is 3.30. The molecule has 5 aliphatic rings. The van der Waals surface area contributed by atoms with Crippen molar-refractivity contribution in [2.75, 3.05) is 32.8 Å². The van der Waals surface area contributed by atoms with E-state index in [0.29, 0.717) is 49.1 Å². The summed E-state index contributed by atoms with van der Waals surface area (Å²) in [7, 11) is 4.06. The summed E-state index contributed by atoms with van der Waals surface area (Å²) >= 11 is 0. The summed E-state index contributed by atoms with van der Waals surface area (Å²) in [5.41, 5.74) is -1.97. The fourth-order valence-electron chi connectivity index (χ4n) is 8.26. The van der Waals surface area contributed by atoms with Crippen molar-refractivity contribution in [2.45, 2.75) is 49.1 Å². The Kier molecular flexibility index (Phi) is 3.90. The molecule has 0 aromatic heterocycles. The van der Waals surface area contributed by atoms with E-state index in [1.807, 2.05) is 17.0 Å². The van der Waals surface area contributed by atoms with E-state index in [9.17, 15) is 19.2 Å². The van der Waals surface area contributed by atoms with E-state index >= 15 is 0 Å². The molecule has 4 fully saturated rings. The summed E-state index contributed by atoms with van der Waals surface area (Å²) in [6, 6.07) is 5.01. The van der Waals surface area contributed by atoms with Gasteiger partial charge in [0.15, 0.2) is 5.54 Å². The highest BCUT2D eigenvalue weighted by molar-refractivity contribution is 6.09. The Bertz CT molecular complexity index is 1130. The number of para-hydroxylation sites is 1. The number of piperidine rings is 1. The molecule has 33 heavy (non-hydrogen) atoms. The van der Waals surface area contributed by atoms with Crippen LogP contribution in [-0.2, 0) is 29.3 Å². The summed E-state index contributed by atoms with van der Waals surface area (Å²) in [5, 5.41) is 0. The van der Waals surface area contributed by atoms with Gasteiger partial charge in [0, 0.05) is 25.3 Å². The number of amides is 2. The molecule has 1 aromatic rings. The molecule has 5 atom stereocenters. The fraction of sp³-hybridized carbons (Fsp3) is 0.583. The molecule has 9 nitrogen and oxygen atoms in total. The number of hydrogen-bond acceptors (Lipinski definition) is 7. The highest BCUT2D eigenvalue weighted by Crippen LogP contribution is 2.74. The number of rotatable bonds is 2. The van der Waals surface area contributed by atoms with Gasteiger partial charge in [0.2, 0.25) is 5.91 Å². The highest BCUT2D eigenvalue weighted by atomic mass is 16.6. The van der Waals surface area contributed by atoms with Gasteiger partial charge < -0.3 is 19.1 Å². The van der Waals surface area contributed by atoms with Crippen LogP contribution in [0.2, 0.25) is 0 Å². The standard InChI is InChI=1S/C24H26N2O7/c1-31-16-6-4-5-13-18(16)26(21(30)33-3)23(20(29)32-2)10-9-22-8-7-17(28)25-12-14(15(27)11-22)24(13,23)19(22)25/h4-6,14,19H,7-12H2,1-3H3/t14-,19+,22-,23-,24+/m1/s1. The summed E-state index contributed by atoms with van der Waals surface area (Å²) in [4.78, 5) is 57.3. The predicted molar refractivity (Wildman–Crippen MR) is 114 cm³/mol. The third-order valence-corrected chi connectivity index (χ3v) is 9.14. The van der Waals surface area contributed by atoms with Crippen molar-refractivity contribution in [3.05, 3.63) is 23.8 Å². The van der Waals surface area contributed by atoms with Gasteiger partial charge in [0.25, 0.3) is 0 Å². The van der Waals surface area contributed by atoms with Gasteiger partial charge in [-0.25, -0.2) is 9.59 Å². The van der Waals surface area contributed by atoms with Crippen molar-refractivity contribution in [2.24, 2.45) is 11.3 Å². The lowest BCUT2D eigenvalue weighted by molar-refractivity contribution is -0.170. The van der Waals surface area contributed by atoms with Crippen molar-refractivity contribution < 1.29 is 33.4 Å². The average molecular weight is 454 g/mol. The van der Waals surface area contributed by atoms with Crippen LogP contribution in [-0.4, -0.2) is 68.1 Å². The zero-order valence-electron chi connectivity index (χ0n) is 18.9. The van der Waals surface area contributed by atoms with Crippen LogP contribution in [0.15, 0.2) is 18.2 Å². The maximum Gasteiger partial charge on any atom is 0.415 e. The number of hydrogen-bond donors (Lipinski definition) is 0. The molecule has 3 heterocycles. The SMILES string of the molecule is COC(=O)N1c2c(OC)cccc2[C@@]23[C@@H]4CN5C(=O)CC[C@@](CC[C@]12C(=O)OC)(CC4=O)[C@H]53. The highest BCUT2D eigenvalue weighted by Gasteiger charge is 2.85. The monoisotopic (exact) mass is 454 g/mol. The lowest BCUT2D eigenvalue weighted by Crippen LogP contribution is -2.78. The number of anilines is 1. The molecule has 2 saturated heterocycles. The first-order valence-electron chi connectivity index (χ1n) is 11.3. The minimum Gasteiger partial charge on any atom is -0.495 e. The number of methoxy groups -OCH3 is 3. The lowest BCUT2D eigenvalue weighted by Gasteiger charge is -2.64. The topological polar surface area (TPSA) is 102 Å². The Morgan fingerprint density at radius 2 is 1.85 bits per heavy atom. The third-order valence-electron chi connectivity index (χ3n) is 9.14. The van der Waals surface area contributed by atoms with Gasteiger partial charge in [0.1, 0.15) is 11.5 Å². The van der Waals surface area contributed by atoms with Crippen LogP contribution in [0.1, 0.15) is 37.7 Å². The molecule has 2 aliphatic carbocycles. The van der Waals surface area contributed by atoms with Gasteiger partial charge in [-0.2, -0.15) is 0 Å². The second-order valence-electron chi connectivity index (χ2n) is 9.89. The summed E-state index contributed by atoms with van der Waals surface area (Å²) < 4.78 is 16.2. The van der Waals surface area contributed by atoms with Crippen LogP contribution in [0.4, 0.5) is 10.5 Å². The van der Waals surface area contributed by atoms with E-state index in [0.717, 1.165) is 0 Å². The first kappa shape index (κ1) is 20.5. The van der Waals surface area contributed by atoms with Gasteiger partial charge >= 0.3 is 12.1 Å². The molecule has 9 heteroatoms. The minimum absolute atomic E-state index is 0.00571. The van der Waals surface area contributed by atoms with Crippen LogP contribution < -0.4 is 9.64 Å². The van der Waals surface area contributed by atoms with Crippen molar-refractivity contribution in [1.82, 2.24) is 4.90 Å². The normalized spacial score (nSPS) is 37.4. The Morgan fingerprint density at radius 1 is 1.06 bits per heavy atom. The summed E-state index contributed by atoms with van der Waals surface area (Å²) in [5.74, 6) is -0.787. The van der Waals surface area contributed by atoms with Crippen molar-refractivity contribution >= 4 is 29.4 Å². The van der Waals surface area contributed by atoms with Crippen LogP contribution in [0.3, 0.4) is 0 Å². The number of Topliss-reactive ketones (excluding diaryl/α,β-unsaturated/α-hetero) is 1. The van der Waals surface area contributed by atoms with Gasteiger partial charge in [0.05, 0.1) is 38.5 Å². The zero-order valence-corrected chi connectivity index (χ0v) is 18.9. The molecular formula is C24H26N2O7. The van der Waals surface area contributed by atoms with Crippen molar-refractivity contribution in [3.63, 3.8) is 0 Å². The molecule has 0 radical (unpaired) electrons. The Hall–Kier alpha value is -3.10. The molecular weight excluding hydrogens is 428 g/mol. The third kappa shape index (κ3) is 1.94. The number of ketones is 1. The minimum atomic E-state index is -1.52. The molecule has 1 aromatic carbocycles. The molecule has 3 aliphatic heterocycles. The lowest BCUT2D eigenvalue weighted by atomic mass is 9.41. The first-order valence-corrected chi connectivity index (χ1v) is 11.3. The smallest absolute Gasteiger partial charge is 0.415 e. The number of ether oxygens (including phenoxy) is 3. The van der Waals surface area contributed by atoms with Crippen molar-refractivity contribution in [3.8, 4) is 5.75 Å². The van der Waals surface area contributed by atoms with E-state index in [-0.39, 0.29) is 24.3 Å². The van der Waals surface area contributed by atoms with Crippen molar-refractivity contribution in [1.29, 1.82) is 0 Å². The van der Waals surface area contributed by atoms with Crippen LogP contribution >= 0.6 is 0 Å². The predicted octanol–water partition coefficient (Wildman–Crippen LogP) is 1.80. The van der Waals surface area contributed by atoms with E-state index in [4.69, 9.17) is 14.2 Å². The maximum atomic E-state index is 13.9. The van der Waals surface area contributed by atoms with Crippen LogP contribution in [0.5, 0.6) is 5.75 Å². The van der Waals surface area contributed by atoms with Gasteiger partial charge in [-0.05, 0) is 36.3 Å². The number of carbonyl (C=O) groups excluding carboxylic acids is 4. The Labute approximate surface area is 190 Å². The second kappa shape index (κ2) is 6.27.